The van der Waals surface area contributed by atoms with Crippen LogP contribution in [0.25, 0.3) is 0 Å². The number of halogens is 3. The maximum Gasteiger partial charge on any atom is 0.238 e. The highest BCUT2D eigenvalue weighted by Crippen LogP contribution is 2.43. The van der Waals surface area contributed by atoms with Crippen molar-refractivity contribution >= 4 is 35.0 Å². The zero-order chi connectivity index (χ0) is 15.9. The van der Waals surface area contributed by atoms with Gasteiger partial charge < -0.3 is 0 Å². The predicted octanol–water partition coefficient (Wildman–Crippen LogP) is 4.71. The fraction of sp³-hybridized carbons (Fsp3) is 0.188. The lowest BCUT2D eigenvalue weighted by molar-refractivity contribution is -0.115. The maximum absolute atomic E-state index is 13.6. The van der Waals surface area contributed by atoms with E-state index in [1.54, 1.807) is 17.0 Å². The number of benzene rings is 2. The molecule has 22 heavy (non-hydrogen) atoms. The number of aryl methyl sites for hydroxylation is 1. The molecular weight excluding hydrogens is 328 g/mol. The summed E-state index contributed by atoms with van der Waals surface area (Å²) in [5.41, 5.74) is 2.04. The molecule has 3 rings (SSSR count). The van der Waals surface area contributed by atoms with E-state index in [0.29, 0.717) is 11.3 Å². The molecule has 2 aromatic carbocycles. The van der Waals surface area contributed by atoms with Crippen LogP contribution in [0.15, 0.2) is 36.4 Å². The van der Waals surface area contributed by atoms with Crippen LogP contribution in [0, 0.1) is 18.6 Å². The van der Waals surface area contributed by atoms with Crippen LogP contribution in [0.2, 0.25) is 5.02 Å². The minimum atomic E-state index is -0.506. The largest absolute Gasteiger partial charge is 0.295 e. The van der Waals surface area contributed by atoms with Crippen LogP contribution < -0.4 is 4.90 Å². The number of carbonyl (C=O) groups excluding carboxylic acids is 1. The summed E-state index contributed by atoms with van der Waals surface area (Å²) in [5.74, 6) is -0.728. The third-order valence-corrected chi connectivity index (χ3v) is 5.03. The molecule has 1 unspecified atom stereocenters. The Hall–Kier alpha value is -1.59. The Morgan fingerprint density at radius 1 is 1.23 bits per heavy atom. The second kappa shape index (κ2) is 5.89. The third kappa shape index (κ3) is 2.71. The topological polar surface area (TPSA) is 20.3 Å². The second-order valence-electron chi connectivity index (χ2n) is 5.03. The normalized spacial score (nSPS) is 18.1. The predicted molar refractivity (Wildman–Crippen MR) is 85.2 cm³/mol. The van der Waals surface area contributed by atoms with E-state index in [2.05, 4.69) is 0 Å². The van der Waals surface area contributed by atoms with E-state index in [4.69, 9.17) is 11.6 Å². The molecule has 0 bridgehead atoms. The average Bonchev–Trinajstić information content (AvgIpc) is 2.86. The molecule has 1 heterocycles. The monoisotopic (exact) mass is 339 g/mol. The van der Waals surface area contributed by atoms with Gasteiger partial charge in [-0.05, 0) is 42.3 Å². The van der Waals surface area contributed by atoms with E-state index in [-0.39, 0.29) is 22.1 Å². The molecule has 0 N–H and O–H groups in total. The molecule has 114 valence electrons. The summed E-state index contributed by atoms with van der Waals surface area (Å²) in [4.78, 5) is 13.8. The van der Waals surface area contributed by atoms with Gasteiger partial charge in [0.25, 0.3) is 0 Å². The second-order valence-corrected chi connectivity index (χ2v) is 6.51. The SMILES string of the molecule is Cc1ccc(F)cc1N1C(=O)CSC1c1ccc(F)c(Cl)c1. The number of carbonyl (C=O) groups is 1. The van der Waals surface area contributed by atoms with Crippen molar-refractivity contribution in [3.8, 4) is 0 Å². The minimum Gasteiger partial charge on any atom is -0.295 e. The Kier molecular flexibility index (Phi) is 4.10. The fourth-order valence-electron chi connectivity index (χ4n) is 2.44. The van der Waals surface area contributed by atoms with Crippen LogP contribution in [0.4, 0.5) is 14.5 Å². The van der Waals surface area contributed by atoms with Crippen LogP contribution in [0.5, 0.6) is 0 Å². The number of hydrogen-bond acceptors (Lipinski definition) is 2. The third-order valence-electron chi connectivity index (χ3n) is 3.53. The Bertz CT molecular complexity index is 753. The Labute approximate surface area is 136 Å². The number of amides is 1. The molecule has 1 aliphatic heterocycles. The summed E-state index contributed by atoms with van der Waals surface area (Å²) in [7, 11) is 0. The molecule has 6 heteroatoms. The van der Waals surface area contributed by atoms with Crippen LogP contribution in [-0.4, -0.2) is 11.7 Å². The van der Waals surface area contributed by atoms with Crippen molar-refractivity contribution in [3.05, 3.63) is 64.2 Å². The van der Waals surface area contributed by atoms with Gasteiger partial charge in [0, 0.05) is 0 Å². The smallest absolute Gasteiger partial charge is 0.238 e. The highest BCUT2D eigenvalue weighted by atomic mass is 35.5. The van der Waals surface area contributed by atoms with Gasteiger partial charge in [0.2, 0.25) is 5.91 Å². The number of anilines is 1. The van der Waals surface area contributed by atoms with Crippen molar-refractivity contribution in [2.24, 2.45) is 0 Å². The Morgan fingerprint density at radius 2 is 2.00 bits per heavy atom. The lowest BCUT2D eigenvalue weighted by Crippen LogP contribution is -2.28. The van der Waals surface area contributed by atoms with E-state index < -0.39 is 11.6 Å². The van der Waals surface area contributed by atoms with Gasteiger partial charge >= 0.3 is 0 Å². The van der Waals surface area contributed by atoms with Gasteiger partial charge in [-0.15, -0.1) is 11.8 Å². The van der Waals surface area contributed by atoms with E-state index in [0.717, 1.165) is 5.56 Å². The molecule has 1 aliphatic rings. The first kappa shape index (κ1) is 15.3. The van der Waals surface area contributed by atoms with Gasteiger partial charge in [-0.2, -0.15) is 0 Å². The molecule has 1 amide bonds. The van der Waals surface area contributed by atoms with Crippen molar-refractivity contribution in [2.75, 3.05) is 10.7 Å². The van der Waals surface area contributed by atoms with Gasteiger partial charge in [0.1, 0.15) is 17.0 Å². The van der Waals surface area contributed by atoms with Crippen LogP contribution in [-0.2, 0) is 4.79 Å². The van der Waals surface area contributed by atoms with Gasteiger partial charge in [-0.25, -0.2) is 8.78 Å². The van der Waals surface area contributed by atoms with E-state index in [9.17, 15) is 13.6 Å². The Balaban J connectivity index is 2.05. The van der Waals surface area contributed by atoms with Gasteiger partial charge in [-0.3, -0.25) is 9.69 Å². The molecule has 1 fully saturated rings. The fourth-order valence-corrected chi connectivity index (χ4v) is 3.79. The van der Waals surface area contributed by atoms with Crippen molar-refractivity contribution in [1.82, 2.24) is 0 Å². The summed E-state index contributed by atoms with van der Waals surface area (Å²) in [5, 5.41) is -0.334. The molecule has 1 saturated heterocycles. The molecule has 0 aliphatic carbocycles. The van der Waals surface area contributed by atoms with Crippen LogP contribution in [0.1, 0.15) is 16.5 Å². The molecular formula is C16H12ClF2NOS. The average molecular weight is 340 g/mol. The molecule has 2 nitrogen and oxygen atoms in total. The summed E-state index contributed by atoms with van der Waals surface area (Å²) in [6, 6.07) is 8.72. The van der Waals surface area contributed by atoms with Gasteiger partial charge in [-0.1, -0.05) is 23.7 Å². The number of nitrogens with zero attached hydrogens (tertiary/aromatic N) is 1. The van der Waals surface area contributed by atoms with E-state index in [1.807, 2.05) is 6.92 Å². The highest BCUT2D eigenvalue weighted by Gasteiger charge is 2.35. The summed E-state index contributed by atoms with van der Waals surface area (Å²) in [6.07, 6.45) is 0. The standard InChI is InChI=1S/C16H12ClF2NOS/c1-9-2-4-11(18)7-14(9)20-15(21)8-22-16(20)10-3-5-13(19)12(17)6-10/h2-7,16H,8H2,1H3. The Morgan fingerprint density at radius 3 is 2.73 bits per heavy atom. The summed E-state index contributed by atoms with van der Waals surface area (Å²) in [6.45, 7) is 1.82. The number of thioether (sulfide) groups is 1. The molecule has 0 radical (unpaired) electrons. The molecule has 0 aromatic heterocycles. The molecule has 0 spiro atoms. The van der Waals surface area contributed by atoms with Crippen molar-refractivity contribution < 1.29 is 13.6 Å². The molecule has 0 saturated carbocycles. The van der Waals surface area contributed by atoms with Crippen molar-refractivity contribution in [3.63, 3.8) is 0 Å². The van der Waals surface area contributed by atoms with E-state index in [1.165, 1.54) is 36.0 Å². The molecule has 1 atom stereocenters. The van der Waals surface area contributed by atoms with Crippen LogP contribution >= 0.6 is 23.4 Å². The lowest BCUT2D eigenvalue weighted by Gasteiger charge is -2.26. The van der Waals surface area contributed by atoms with Gasteiger partial charge in [0.15, 0.2) is 0 Å². The van der Waals surface area contributed by atoms with Crippen LogP contribution in [0.3, 0.4) is 0 Å². The molecule has 2 aromatic rings. The lowest BCUT2D eigenvalue weighted by atomic mass is 10.1. The minimum absolute atomic E-state index is 0.00774. The summed E-state index contributed by atoms with van der Waals surface area (Å²) < 4.78 is 26.9. The zero-order valence-electron chi connectivity index (χ0n) is 11.6. The first-order valence-electron chi connectivity index (χ1n) is 6.62. The zero-order valence-corrected chi connectivity index (χ0v) is 13.2. The maximum atomic E-state index is 13.6. The first-order valence-corrected chi connectivity index (χ1v) is 8.05. The number of rotatable bonds is 2. The number of hydrogen-bond donors (Lipinski definition) is 0. The quantitative estimate of drug-likeness (QED) is 0.790. The highest BCUT2D eigenvalue weighted by molar-refractivity contribution is 8.00. The van der Waals surface area contributed by atoms with Gasteiger partial charge in [0.05, 0.1) is 16.5 Å². The first-order chi connectivity index (χ1) is 10.5. The summed E-state index contributed by atoms with van der Waals surface area (Å²) >= 11 is 7.24. The van der Waals surface area contributed by atoms with Crippen molar-refractivity contribution in [1.29, 1.82) is 0 Å². The van der Waals surface area contributed by atoms with E-state index >= 15 is 0 Å². The van der Waals surface area contributed by atoms with Crippen molar-refractivity contribution in [2.45, 2.75) is 12.3 Å².